The number of halogens is 1. The minimum atomic E-state index is -0.249. The molecule has 5 heteroatoms. The number of rotatable bonds is 7. The van der Waals surface area contributed by atoms with E-state index in [0.717, 1.165) is 25.2 Å². The van der Waals surface area contributed by atoms with Crippen LogP contribution in [0.25, 0.3) is 0 Å². The van der Waals surface area contributed by atoms with Crippen molar-refractivity contribution in [1.29, 1.82) is 0 Å². The quantitative estimate of drug-likeness (QED) is 0.827. The molecule has 0 amide bonds. The lowest BCUT2D eigenvalue weighted by Gasteiger charge is -2.20. The fraction of sp³-hybridized carbons (Fsp3) is 0.429. The van der Waals surface area contributed by atoms with Crippen LogP contribution in [0.3, 0.4) is 0 Å². The van der Waals surface area contributed by atoms with E-state index in [1.54, 1.807) is 19.2 Å². The third kappa shape index (κ3) is 3.55. The summed E-state index contributed by atoms with van der Waals surface area (Å²) < 4.78 is 24.3. The summed E-state index contributed by atoms with van der Waals surface area (Å²) in [6.07, 6.45) is 0. The van der Waals surface area contributed by atoms with Gasteiger partial charge in [0.1, 0.15) is 12.4 Å². The molecule has 4 nitrogen and oxygen atoms in total. The molecule has 4 rings (SSSR count). The van der Waals surface area contributed by atoms with Crippen molar-refractivity contribution >= 4 is 0 Å². The number of aliphatic hydroxyl groups excluding tert-OH is 1. The highest BCUT2D eigenvalue weighted by Crippen LogP contribution is 2.51. The van der Waals surface area contributed by atoms with Crippen molar-refractivity contribution in [1.82, 2.24) is 4.90 Å². The zero-order valence-electron chi connectivity index (χ0n) is 14.9. The molecule has 2 aliphatic rings. The fourth-order valence-corrected chi connectivity index (χ4v) is 4.07. The van der Waals surface area contributed by atoms with Crippen molar-refractivity contribution in [3.63, 3.8) is 0 Å². The Kier molecular flexibility index (Phi) is 4.83. The van der Waals surface area contributed by atoms with Crippen LogP contribution in [0.1, 0.15) is 11.1 Å². The van der Waals surface area contributed by atoms with Gasteiger partial charge in [-0.05, 0) is 53.1 Å². The van der Waals surface area contributed by atoms with Crippen molar-refractivity contribution < 1.29 is 19.0 Å². The molecule has 138 valence electrons. The molecule has 2 fully saturated rings. The van der Waals surface area contributed by atoms with Gasteiger partial charge in [0.15, 0.2) is 11.5 Å². The number of aliphatic hydroxyl groups is 1. The Morgan fingerprint density at radius 2 is 1.73 bits per heavy atom. The second-order valence-corrected chi connectivity index (χ2v) is 7.27. The average molecular weight is 357 g/mol. The third-order valence-electron chi connectivity index (χ3n) is 5.60. The Morgan fingerprint density at radius 1 is 1.04 bits per heavy atom. The van der Waals surface area contributed by atoms with E-state index in [4.69, 9.17) is 9.47 Å². The van der Waals surface area contributed by atoms with Crippen LogP contribution in [0.5, 0.6) is 11.5 Å². The highest BCUT2D eigenvalue weighted by Gasteiger charge is 2.54. The molecule has 1 heterocycles. The molecular weight excluding hydrogens is 333 g/mol. The molecule has 2 aromatic rings. The summed E-state index contributed by atoms with van der Waals surface area (Å²) in [5, 5.41) is 9.27. The summed E-state index contributed by atoms with van der Waals surface area (Å²) in [5.74, 6) is 3.04. The Bertz CT molecular complexity index is 752. The molecular formula is C21H24FNO3. The molecule has 0 spiro atoms. The lowest BCUT2D eigenvalue weighted by molar-refractivity contribution is 0.217. The van der Waals surface area contributed by atoms with Gasteiger partial charge >= 0.3 is 0 Å². The van der Waals surface area contributed by atoms with Crippen molar-refractivity contribution in [3.8, 4) is 11.5 Å². The lowest BCUT2D eigenvalue weighted by Crippen LogP contribution is -2.24. The van der Waals surface area contributed by atoms with Crippen LogP contribution in [-0.2, 0) is 13.2 Å². The molecule has 1 saturated heterocycles. The molecule has 1 saturated carbocycles. The van der Waals surface area contributed by atoms with Gasteiger partial charge in [-0.1, -0.05) is 18.2 Å². The first-order chi connectivity index (χ1) is 12.7. The van der Waals surface area contributed by atoms with E-state index >= 15 is 0 Å². The first-order valence-corrected chi connectivity index (χ1v) is 9.05. The highest BCUT2D eigenvalue weighted by molar-refractivity contribution is 5.43. The zero-order chi connectivity index (χ0) is 18.1. The maximum absolute atomic E-state index is 13.0. The van der Waals surface area contributed by atoms with Crippen LogP contribution in [0.4, 0.5) is 4.39 Å². The van der Waals surface area contributed by atoms with E-state index in [9.17, 15) is 9.50 Å². The van der Waals surface area contributed by atoms with E-state index in [1.807, 2.05) is 12.1 Å². The summed E-state index contributed by atoms with van der Waals surface area (Å²) in [6, 6.07) is 12.3. The number of piperidine rings is 1. The number of fused-ring (bicyclic) bond motifs is 1. The van der Waals surface area contributed by atoms with Crippen LogP contribution in [0.15, 0.2) is 42.5 Å². The molecule has 1 unspecified atom stereocenters. The second-order valence-electron chi connectivity index (χ2n) is 7.27. The molecule has 1 N–H and O–H groups in total. The Hall–Kier alpha value is -2.11. The van der Waals surface area contributed by atoms with Crippen molar-refractivity contribution in [2.24, 2.45) is 17.8 Å². The van der Waals surface area contributed by atoms with Crippen molar-refractivity contribution in [2.45, 2.75) is 13.2 Å². The van der Waals surface area contributed by atoms with Gasteiger partial charge in [-0.3, -0.25) is 4.90 Å². The number of methoxy groups -OCH3 is 1. The third-order valence-corrected chi connectivity index (χ3v) is 5.60. The second kappa shape index (κ2) is 7.25. The monoisotopic (exact) mass is 357 g/mol. The van der Waals surface area contributed by atoms with Gasteiger partial charge in [-0.25, -0.2) is 4.39 Å². The van der Waals surface area contributed by atoms with Gasteiger partial charge in [-0.15, -0.1) is 0 Å². The van der Waals surface area contributed by atoms with Crippen LogP contribution in [-0.4, -0.2) is 36.8 Å². The standard InChI is InChI=1S/C21H24FNO3/c1-25-21-8-15(9-23-10-17-18(11-23)19(17)12-24)4-7-20(21)26-13-14-2-5-16(22)6-3-14/h2-8,17-19,24H,9-13H2,1H3/t17-,18+,19?. The smallest absolute Gasteiger partial charge is 0.161 e. The van der Waals surface area contributed by atoms with E-state index in [-0.39, 0.29) is 5.82 Å². The SMILES string of the molecule is COc1cc(CN2C[C@@H]3C(CO)[C@@H]3C2)ccc1OCc1ccc(F)cc1. The van der Waals surface area contributed by atoms with Crippen molar-refractivity contribution in [2.75, 3.05) is 26.8 Å². The molecule has 3 atom stereocenters. The molecule has 0 radical (unpaired) electrons. The number of benzene rings is 2. The van der Waals surface area contributed by atoms with Gasteiger partial charge in [0.2, 0.25) is 0 Å². The molecule has 0 aromatic heterocycles. The van der Waals surface area contributed by atoms with Crippen molar-refractivity contribution in [3.05, 3.63) is 59.4 Å². The zero-order valence-corrected chi connectivity index (χ0v) is 14.9. The number of hydrogen-bond acceptors (Lipinski definition) is 4. The molecule has 2 aromatic carbocycles. The van der Waals surface area contributed by atoms with Gasteiger partial charge in [-0.2, -0.15) is 0 Å². The van der Waals surface area contributed by atoms with Gasteiger partial charge < -0.3 is 14.6 Å². The summed E-state index contributed by atoms with van der Waals surface area (Å²) >= 11 is 0. The Morgan fingerprint density at radius 3 is 2.38 bits per heavy atom. The predicted octanol–water partition coefficient (Wildman–Crippen LogP) is 3.08. The van der Waals surface area contributed by atoms with Gasteiger partial charge in [0.25, 0.3) is 0 Å². The number of ether oxygens (including phenoxy) is 2. The van der Waals surface area contributed by atoms with Crippen LogP contribution >= 0.6 is 0 Å². The maximum Gasteiger partial charge on any atom is 0.161 e. The predicted molar refractivity (Wildman–Crippen MR) is 96.6 cm³/mol. The number of likely N-dealkylation sites (tertiary alicyclic amines) is 1. The van der Waals surface area contributed by atoms with Gasteiger partial charge in [0.05, 0.1) is 7.11 Å². The average Bonchev–Trinajstić information content (AvgIpc) is 3.14. The molecule has 0 bridgehead atoms. The molecule has 26 heavy (non-hydrogen) atoms. The van der Waals surface area contributed by atoms with Crippen LogP contribution in [0, 0.1) is 23.6 Å². The molecule has 1 aliphatic carbocycles. The van der Waals surface area contributed by atoms with Crippen LogP contribution < -0.4 is 9.47 Å². The maximum atomic E-state index is 13.0. The first kappa shape index (κ1) is 17.3. The van der Waals surface area contributed by atoms with E-state index in [2.05, 4.69) is 11.0 Å². The van der Waals surface area contributed by atoms with Crippen LogP contribution in [0.2, 0.25) is 0 Å². The fourth-order valence-electron chi connectivity index (χ4n) is 4.07. The highest BCUT2D eigenvalue weighted by atomic mass is 19.1. The number of hydrogen-bond donors (Lipinski definition) is 1. The largest absolute Gasteiger partial charge is 0.493 e. The van der Waals surface area contributed by atoms with Gasteiger partial charge in [0, 0.05) is 26.2 Å². The lowest BCUT2D eigenvalue weighted by atomic mass is 10.1. The molecule has 1 aliphatic heterocycles. The summed E-state index contributed by atoms with van der Waals surface area (Å²) in [7, 11) is 1.64. The van der Waals surface area contributed by atoms with E-state index in [1.165, 1.54) is 17.7 Å². The first-order valence-electron chi connectivity index (χ1n) is 9.05. The Balaban J connectivity index is 1.36. The minimum Gasteiger partial charge on any atom is -0.493 e. The van der Waals surface area contributed by atoms with E-state index < -0.39 is 0 Å². The summed E-state index contributed by atoms with van der Waals surface area (Å²) in [6.45, 7) is 3.73. The summed E-state index contributed by atoms with van der Waals surface area (Å²) in [4.78, 5) is 2.44. The summed E-state index contributed by atoms with van der Waals surface area (Å²) in [5.41, 5.74) is 2.10. The normalized spacial score (nSPS) is 24.3. The topological polar surface area (TPSA) is 41.9 Å². The minimum absolute atomic E-state index is 0.249. The Labute approximate surface area is 153 Å². The number of nitrogens with zero attached hydrogens (tertiary/aromatic N) is 1. The van der Waals surface area contributed by atoms with E-state index in [0.29, 0.717) is 42.5 Å².